The lowest BCUT2D eigenvalue weighted by atomic mass is 10.0. The van der Waals surface area contributed by atoms with Crippen molar-refractivity contribution >= 4 is 11.9 Å². The lowest BCUT2D eigenvalue weighted by molar-refractivity contribution is -0.140. The molecule has 0 spiro atoms. The standard InChI is InChI=1S/C15H30N2O3/c1-11(2)7-8-12(3)16-13(18)9-17(10-14(19)20)15(4,5)6/h11-12H,7-10H2,1-6H3,(H,16,18)(H,19,20). The molecule has 1 unspecified atom stereocenters. The molecule has 118 valence electrons. The van der Waals surface area contributed by atoms with Gasteiger partial charge in [0.15, 0.2) is 0 Å². The van der Waals surface area contributed by atoms with Crippen molar-refractivity contribution in [1.29, 1.82) is 0 Å². The normalized spacial score (nSPS) is 13.6. The molecule has 0 fully saturated rings. The predicted octanol–water partition coefficient (Wildman–Crippen LogP) is 2.11. The summed E-state index contributed by atoms with van der Waals surface area (Å²) < 4.78 is 0. The van der Waals surface area contributed by atoms with E-state index in [0.717, 1.165) is 12.8 Å². The van der Waals surface area contributed by atoms with E-state index in [0.29, 0.717) is 5.92 Å². The molecule has 0 bridgehead atoms. The fraction of sp³-hybridized carbons (Fsp3) is 0.867. The van der Waals surface area contributed by atoms with Crippen LogP contribution in [0.5, 0.6) is 0 Å². The summed E-state index contributed by atoms with van der Waals surface area (Å²) in [7, 11) is 0. The number of nitrogens with one attached hydrogen (secondary N) is 1. The van der Waals surface area contributed by atoms with Gasteiger partial charge >= 0.3 is 5.97 Å². The van der Waals surface area contributed by atoms with Gasteiger partial charge in [-0.2, -0.15) is 0 Å². The quantitative estimate of drug-likeness (QED) is 0.717. The lowest BCUT2D eigenvalue weighted by Crippen LogP contribution is -2.50. The van der Waals surface area contributed by atoms with Gasteiger partial charge in [0.05, 0.1) is 13.1 Å². The van der Waals surface area contributed by atoms with Gasteiger partial charge in [-0.25, -0.2) is 0 Å². The molecule has 0 saturated carbocycles. The highest BCUT2D eigenvalue weighted by molar-refractivity contribution is 5.79. The van der Waals surface area contributed by atoms with E-state index in [1.54, 1.807) is 4.90 Å². The summed E-state index contributed by atoms with van der Waals surface area (Å²) in [5, 5.41) is 11.9. The van der Waals surface area contributed by atoms with Crippen molar-refractivity contribution in [2.75, 3.05) is 13.1 Å². The first-order valence-electron chi connectivity index (χ1n) is 7.28. The number of rotatable bonds is 8. The average Bonchev–Trinajstić information content (AvgIpc) is 2.23. The maximum atomic E-state index is 12.0. The van der Waals surface area contributed by atoms with Crippen LogP contribution in [-0.4, -0.2) is 46.6 Å². The summed E-state index contributed by atoms with van der Waals surface area (Å²) in [5.74, 6) is -0.412. The van der Waals surface area contributed by atoms with Crippen LogP contribution in [0, 0.1) is 5.92 Å². The largest absolute Gasteiger partial charge is 0.480 e. The Hall–Kier alpha value is -1.10. The number of carbonyl (C=O) groups excluding carboxylic acids is 1. The van der Waals surface area contributed by atoms with Crippen molar-refractivity contribution in [2.24, 2.45) is 5.92 Å². The van der Waals surface area contributed by atoms with Crippen molar-refractivity contribution in [1.82, 2.24) is 10.2 Å². The summed E-state index contributed by atoms with van der Waals surface area (Å²) in [6.07, 6.45) is 2.01. The molecule has 0 aromatic heterocycles. The second kappa shape index (κ2) is 8.25. The van der Waals surface area contributed by atoms with E-state index in [1.165, 1.54) is 0 Å². The van der Waals surface area contributed by atoms with Gasteiger partial charge in [0.25, 0.3) is 0 Å². The van der Waals surface area contributed by atoms with Crippen LogP contribution in [0.4, 0.5) is 0 Å². The molecule has 0 aromatic rings. The molecule has 0 rings (SSSR count). The first kappa shape index (κ1) is 18.9. The Morgan fingerprint density at radius 3 is 2.05 bits per heavy atom. The van der Waals surface area contributed by atoms with Crippen molar-refractivity contribution in [3.05, 3.63) is 0 Å². The lowest BCUT2D eigenvalue weighted by Gasteiger charge is -2.34. The highest BCUT2D eigenvalue weighted by Crippen LogP contribution is 2.12. The van der Waals surface area contributed by atoms with Gasteiger partial charge in [-0.1, -0.05) is 13.8 Å². The van der Waals surface area contributed by atoms with E-state index in [9.17, 15) is 9.59 Å². The number of hydrogen-bond donors (Lipinski definition) is 2. The van der Waals surface area contributed by atoms with Crippen molar-refractivity contribution in [3.63, 3.8) is 0 Å². The van der Waals surface area contributed by atoms with E-state index in [2.05, 4.69) is 19.2 Å². The fourth-order valence-corrected chi connectivity index (χ4v) is 1.84. The third-order valence-electron chi connectivity index (χ3n) is 3.19. The van der Waals surface area contributed by atoms with Crippen molar-refractivity contribution in [3.8, 4) is 0 Å². The molecule has 5 nitrogen and oxygen atoms in total. The Labute approximate surface area is 122 Å². The molecular weight excluding hydrogens is 256 g/mol. The summed E-state index contributed by atoms with van der Waals surface area (Å²) in [5.41, 5.74) is -0.350. The van der Waals surface area contributed by atoms with E-state index in [4.69, 9.17) is 5.11 Å². The SMILES string of the molecule is CC(C)CCC(C)NC(=O)CN(CC(=O)O)C(C)(C)C. The molecule has 20 heavy (non-hydrogen) atoms. The third kappa shape index (κ3) is 8.91. The van der Waals surface area contributed by atoms with Crippen LogP contribution < -0.4 is 5.32 Å². The number of carboxylic acids is 1. The molecular formula is C15H30N2O3. The number of nitrogens with zero attached hydrogens (tertiary/aromatic N) is 1. The summed E-state index contributed by atoms with van der Waals surface area (Å²) in [4.78, 5) is 24.5. The van der Waals surface area contributed by atoms with Gasteiger partial charge in [0.2, 0.25) is 5.91 Å². The minimum absolute atomic E-state index is 0.113. The highest BCUT2D eigenvalue weighted by atomic mass is 16.4. The Kier molecular flexibility index (Phi) is 7.79. The van der Waals surface area contributed by atoms with Gasteiger partial charge in [-0.05, 0) is 46.5 Å². The van der Waals surface area contributed by atoms with Crippen molar-refractivity contribution < 1.29 is 14.7 Å². The van der Waals surface area contributed by atoms with Crippen LogP contribution in [0.1, 0.15) is 54.4 Å². The topological polar surface area (TPSA) is 69.6 Å². The maximum Gasteiger partial charge on any atom is 0.317 e. The first-order chi connectivity index (χ1) is 9.02. The number of amides is 1. The molecule has 0 aliphatic rings. The van der Waals surface area contributed by atoms with E-state index in [-0.39, 0.29) is 30.6 Å². The van der Waals surface area contributed by atoms with Crippen LogP contribution in [0.15, 0.2) is 0 Å². The average molecular weight is 286 g/mol. The highest BCUT2D eigenvalue weighted by Gasteiger charge is 2.25. The number of aliphatic carboxylic acids is 1. The van der Waals surface area contributed by atoms with Gasteiger partial charge in [0.1, 0.15) is 0 Å². The molecule has 0 aliphatic carbocycles. The second-order valence-corrected chi connectivity index (χ2v) is 6.86. The van der Waals surface area contributed by atoms with Gasteiger partial charge in [-0.15, -0.1) is 0 Å². The minimum Gasteiger partial charge on any atom is -0.480 e. The number of carbonyl (C=O) groups is 2. The Bertz CT molecular complexity index is 322. The fourth-order valence-electron chi connectivity index (χ4n) is 1.84. The molecule has 0 radical (unpaired) electrons. The summed E-state index contributed by atoms with van der Waals surface area (Å²) >= 11 is 0. The van der Waals surface area contributed by atoms with Crippen LogP contribution in [-0.2, 0) is 9.59 Å². The van der Waals surface area contributed by atoms with Crippen LogP contribution >= 0.6 is 0 Å². The molecule has 0 saturated heterocycles. The maximum absolute atomic E-state index is 12.0. The molecule has 0 heterocycles. The van der Waals surface area contributed by atoms with Gasteiger partial charge < -0.3 is 10.4 Å². The summed E-state index contributed by atoms with van der Waals surface area (Å²) in [6, 6.07) is 0.122. The minimum atomic E-state index is -0.916. The van der Waals surface area contributed by atoms with E-state index < -0.39 is 5.97 Å². The zero-order valence-corrected chi connectivity index (χ0v) is 13.7. The van der Waals surface area contributed by atoms with Crippen LogP contribution in [0.25, 0.3) is 0 Å². The molecule has 0 aliphatic heterocycles. The Balaban J connectivity index is 4.35. The Morgan fingerprint density at radius 1 is 1.10 bits per heavy atom. The van der Waals surface area contributed by atoms with Gasteiger partial charge in [0, 0.05) is 11.6 Å². The monoisotopic (exact) mass is 286 g/mol. The summed E-state index contributed by atoms with van der Waals surface area (Å²) in [6.45, 7) is 12.0. The Morgan fingerprint density at radius 2 is 1.65 bits per heavy atom. The predicted molar refractivity (Wildman–Crippen MR) is 80.6 cm³/mol. The molecule has 0 aromatic carbocycles. The van der Waals surface area contributed by atoms with E-state index >= 15 is 0 Å². The zero-order valence-electron chi connectivity index (χ0n) is 13.7. The molecule has 5 heteroatoms. The van der Waals surface area contributed by atoms with Crippen molar-refractivity contribution in [2.45, 2.75) is 66.0 Å². The second-order valence-electron chi connectivity index (χ2n) is 6.86. The molecule has 1 amide bonds. The number of hydrogen-bond acceptors (Lipinski definition) is 3. The number of carboxylic acid groups (broad SMARTS) is 1. The molecule has 2 N–H and O–H groups in total. The van der Waals surface area contributed by atoms with Crippen LogP contribution in [0.3, 0.4) is 0 Å². The first-order valence-corrected chi connectivity index (χ1v) is 7.28. The smallest absolute Gasteiger partial charge is 0.317 e. The van der Waals surface area contributed by atoms with E-state index in [1.807, 2.05) is 27.7 Å². The van der Waals surface area contributed by atoms with Gasteiger partial charge in [-0.3, -0.25) is 14.5 Å². The van der Waals surface area contributed by atoms with Crippen LogP contribution in [0.2, 0.25) is 0 Å². The molecule has 1 atom stereocenters. The zero-order chi connectivity index (χ0) is 15.9. The third-order valence-corrected chi connectivity index (χ3v) is 3.19.